The Morgan fingerprint density at radius 1 is 0.862 bits per heavy atom. The van der Waals surface area contributed by atoms with E-state index < -0.39 is 0 Å². The average Bonchev–Trinajstić information content (AvgIpc) is 3.38. The highest BCUT2D eigenvalue weighted by atomic mass is 16.1. The minimum absolute atomic E-state index is 0.181. The minimum Gasteiger partial charge on any atom is -0.300 e. The second-order valence-electron chi connectivity index (χ2n) is 7.87. The molecule has 5 heteroatoms. The van der Waals surface area contributed by atoms with Crippen LogP contribution in [-0.4, -0.2) is 19.7 Å². The first kappa shape index (κ1) is 17.9. The number of nitrogens with one attached hydrogen (secondary N) is 1. The van der Waals surface area contributed by atoms with E-state index in [2.05, 4.69) is 26.9 Å². The second kappa shape index (κ2) is 7.66. The zero-order valence-corrected chi connectivity index (χ0v) is 16.3. The van der Waals surface area contributed by atoms with Gasteiger partial charge in [-0.25, -0.2) is 4.98 Å². The SMILES string of the molecule is O=c1nc(Cc2ccccc2)nc2n(C3CCCC3)[nH]c(Cc3ccccc3)c1-2. The van der Waals surface area contributed by atoms with Crippen molar-refractivity contribution in [3.63, 3.8) is 0 Å². The Morgan fingerprint density at radius 2 is 1.48 bits per heavy atom. The van der Waals surface area contributed by atoms with Gasteiger partial charge < -0.3 is 0 Å². The van der Waals surface area contributed by atoms with Gasteiger partial charge in [0.2, 0.25) is 0 Å². The molecule has 1 aliphatic carbocycles. The smallest absolute Gasteiger partial charge is 0.284 e. The van der Waals surface area contributed by atoms with E-state index in [9.17, 15) is 4.79 Å². The van der Waals surface area contributed by atoms with E-state index >= 15 is 0 Å². The maximum absolute atomic E-state index is 13.0. The van der Waals surface area contributed by atoms with Gasteiger partial charge in [-0.15, -0.1) is 0 Å². The third-order valence-corrected chi connectivity index (χ3v) is 5.81. The number of nitrogens with zero attached hydrogens (tertiary/aromatic N) is 3. The standard InChI is InChI=1S/C24H24N4O/c29-24-22-20(15-17-9-3-1-4-10-17)27-28(19-13-7-8-14-19)23(22)25-21(26-24)16-18-11-5-2-6-12-18/h1-6,9-12,19,27H,7-8,13-16H2. The highest BCUT2D eigenvalue weighted by Crippen LogP contribution is 2.34. The maximum atomic E-state index is 13.0. The molecular formula is C24H24N4O. The van der Waals surface area contributed by atoms with Gasteiger partial charge in [-0.05, 0) is 24.0 Å². The molecule has 1 fully saturated rings. The summed E-state index contributed by atoms with van der Waals surface area (Å²) in [6.07, 6.45) is 5.93. The lowest BCUT2D eigenvalue weighted by Crippen LogP contribution is -2.18. The normalized spacial score (nSPS) is 14.6. The summed E-state index contributed by atoms with van der Waals surface area (Å²) in [4.78, 5) is 22.2. The van der Waals surface area contributed by atoms with Crippen LogP contribution in [0.5, 0.6) is 0 Å². The van der Waals surface area contributed by atoms with Crippen molar-refractivity contribution in [3.05, 3.63) is 93.7 Å². The number of H-pyrrole nitrogens is 1. The van der Waals surface area contributed by atoms with Crippen LogP contribution in [-0.2, 0) is 12.8 Å². The van der Waals surface area contributed by atoms with Crippen LogP contribution >= 0.6 is 0 Å². The van der Waals surface area contributed by atoms with Crippen molar-refractivity contribution in [2.24, 2.45) is 0 Å². The number of aromatic nitrogens is 4. The van der Waals surface area contributed by atoms with Crippen molar-refractivity contribution in [3.8, 4) is 11.4 Å². The van der Waals surface area contributed by atoms with Gasteiger partial charge in [0.25, 0.3) is 5.56 Å². The van der Waals surface area contributed by atoms with Crippen LogP contribution < -0.4 is 5.56 Å². The van der Waals surface area contributed by atoms with Gasteiger partial charge in [0, 0.05) is 12.8 Å². The zero-order valence-electron chi connectivity index (χ0n) is 16.3. The van der Waals surface area contributed by atoms with Crippen molar-refractivity contribution in [2.75, 3.05) is 0 Å². The summed E-state index contributed by atoms with van der Waals surface area (Å²) in [6.45, 7) is 0. The van der Waals surface area contributed by atoms with Crippen LogP contribution in [0.25, 0.3) is 11.4 Å². The Hall–Kier alpha value is -3.21. The molecule has 29 heavy (non-hydrogen) atoms. The van der Waals surface area contributed by atoms with Crippen LogP contribution in [0.15, 0.2) is 65.5 Å². The van der Waals surface area contributed by atoms with E-state index in [-0.39, 0.29) is 5.56 Å². The summed E-state index contributed by atoms with van der Waals surface area (Å²) < 4.78 is 2.14. The van der Waals surface area contributed by atoms with E-state index in [4.69, 9.17) is 4.98 Å². The lowest BCUT2D eigenvalue weighted by molar-refractivity contribution is 0.464. The first-order valence-corrected chi connectivity index (χ1v) is 10.4. The number of fused-ring (bicyclic) bond motifs is 1. The number of aromatic amines is 1. The summed E-state index contributed by atoms with van der Waals surface area (Å²) in [6, 6.07) is 20.7. The molecule has 1 N–H and O–H groups in total. The van der Waals surface area contributed by atoms with E-state index in [1.54, 1.807) is 0 Å². The zero-order chi connectivity index (χ0) is 19.6. The molecule has 2 aromatic carbocycles. The van der Waals surface area contributed by atoms with E-state index in [1.807, 2.05) is 48.5 Å². The molecule has 0 atom stereocenters. The van der Waals surface area contributed by atoms with E-state index in [0.29, 0.717) is 30.3 Å². The number of hydrogen-bond acceptors (Lipinski definition) is 3. The molecule has 0 radical (unpaired) electrons. The molecule has 5 rings (SSSR count). The fourth-order valence-corrected chi connectivity index (χ4v) is 4.38. The van der Waals surface area contributed by atoms with Gasteiger partial charge in [0.05, 0.1) is 11.7 Å². The highest BCUT2D eigenvalue weighted by Gasteiger charge is 2.28. The Kier molecular flexibility index (Phi) is 4.72. The monoisotopic (exact) mass is 384 g/mol. The molecule has 3 aliphatic rings. The largest absolute Gasteiger partial charge is 0.300 e. The molecule has 0 amide bonds. The van der Waals surface area contributed by atoms with Gasteiger partial charge in [-0.2, -0.15) is 4.98 Å². The second-order valence-corrected chi connectivity index (χ2v) is 7.87. The molecule has 0 unspecified atom stereocenters. The Balaban J connectivity index is 1.60. The molecule has 2 aliphatic heterocycles. The predicted octanol–water partition coefficient (Wildman–Crippen LogP) is 4.37. The molecule has 0 spiro atoms. The van der Waals surface area contributed by atoms with Crippen molar-refractivity contribution in [1.82, 2.24) is 19.7 Å². The van der Waals surface area contributed by atoms with Gasteiger partial charge in [-0.1, -0.05) is 73.5 Å². The van der Waals surface area contributed by atoms with Crippen LogP contribution in [0.4, 0.5) is 0 Å². The number of benzene rings is 2. The van der Waals surface area contributed by atoms with Crippen molar-refractivity contribution >= 4 is 0 Å². The van der Waals surface area contributed by atoms with Crippen LogP contribution in [0, 0.1) is 0 Å². The van der Waals surface area contributed by atoms with E-state index in [1.165, 1.54) is 18.4 Å². The van der Waals surface area contributed by atoms with Crippen molar-refractivity contribution in [1.29, 1.82) is 0 Å². The average molecular weight is 384 g/mol. The number of hydrogen-bond donors (Lipinski definition) is 1. The van der Waals surface area contributed by atoms with Gasteiger partial charge in [0.15, 0.2) is 5.82 Å². The van der Waals surface area contributed by atoms with Crippen molar-refractivity contribution in [2.45, 2.75) is 44.6 Å². The summed E-state index contributed by atoms with van der Waals surface area (Å²) >= 11 is 0. The first-order chi connectivity index (χ1) is 14.3. The maximum Gasteiger partial charge on any atom is 0.284 e. The topological polar surface area (TPSA) is 63.6 Å². The Labute approximate surface area is 169 Å². The molecule has 1 saturated carbocycles. The lowest BCUT2D eigenvalue weighted by atomic mass is 10.1. The molecule has 2 heterocycles. The Bertz CT molecular complexity index is 1120. The summed E-state index contributed by atoms with van der Waals surface area (Å²) in [5, 5.41) is 3.53. The molecule has 5 nitrogen and oxygen atoms in total. The number of rotatable bonds is 5. The molecule has 0 aromatic heterocycles. The predicted molar refractivity (Wildman–Crippen MR) is 113 cm³/mol. The Morgan fingerprint density at radius 3 is 2.14 bits per heavy atom. The van der Waals surface area contributed by atoms with Crippen LogP contribution in [0.2, 0.25) is 0 Å². The molecule has 146 valence electrons. The third kappa shape index (κ3) is 3.60. The minimum atomic E-state index is -0.181. The van der Waals surface area contributed by atoms with Gasteiger partial charge in [0.1, 0.15) is 11.4 Å². The molecule has 2 aromatic rings. The molecule has 0 saturated heterocycles. The van der Waals surface area contributed by atoms with Crippen LogP contribution in [0.1, 0.15) is 54.4 Å². The third-order valence-electron chi connectivity index (χ3n) is 5.81. The molecular weight excluding hydrogens is 360 g/mol. The summed E-state index contributed by atoms with van der Waals surface area (Å²) in [7, 11) is 0. The summed E-state index contributed by atoms with van der Waals surface area (Å²) in [5.74, 6) is 1.35. The first-order valence-electron chi connectivity index (χ1n) is 10.4. The quantitative estimate of drug-likeness (QED) is 0.556. The van der Waals surface area contributed by atoms with Gasteiger partial charge >= 0.3 is 0 Å². The molecule has 0 bridgehead atoms. The summed E-state index contributed by atoms with van der Waals surface area (Å²) in [5.41, 5.74) is 3.65. The fourth-order valence-electron chi connectivity index (χ4n) is 4.38. The fraction of sp³-hybridized carbons (Fsp3) is 0.292. The van der Waals surface area contributed by atoms with Gasteiger partial charge in [-0.3, -0.25) is 14.6 Å². The lowest BCUT2D eigenvalue weighted by Gasteiger charge is -2.13. The highest BCUT2D eigenvalue weighted by molar-refractivity contribution is 5.60. The van der Waals surface area contributed by atoms with Crippen LogP contribution in [0.3, 0.4) is 0 Å². The van der Waals surface area contributed by atoms with Crippen molar-refractivity contribution < 1.29 is 0 Å². The van der Waals surface area contributed by atoms with E-state index in [0.717, 1.165) is 29.9 Å².